The molecule has 0 atom stereocenters. The van der Waals surface area contributed by atoms with Crippen LogP contribution in [0.4, 0.5) is 5.69 Å². The van der Waals surface area contributed by atoms with Gasteiger partial charge in [-0.25, -0.2) is 0 Å². The van der Waals surface area contributed by atoms with Gasteiger partial charge in [0.1, 0.15) is 5.75 Å². The van der Waals surface area contributed by atoms with Gasteiger partial charge in [0.2, 0.25) is 11.8 Å². The summed E-state index contributed by atoms with van der Waals surface area (Å²) in [5.41, 5.74) is 6.86. The van der Waals surface area contributed by atoms with Gasteiger partial charge in [-0.2, -0.15) is 0 Å². The van der Waals surface area contributed by atoms with E-state index in [2.05, 4.69) is 5.32 Å². The van der Waals surface area contributed by atoms with Crippen LogP contribution in [0.3, 0.4) is 0 Å². The summed E-state index contributed by atoms with van der Waals surface area (Å²) in [5, 5.41) is 12.3. The molecule has 2 aromatic carbocycles. The molecule has 0 bridgehead atoms. The predicted octanol–water partition coefficient (Wildman–Crippen LogP) is 2.06. The highest BCUT2D eigenvalue weighted by Gasteiger charge is 2.06. The second-order valence-electron chi connectivity index (χ2n) is 4.62. The van der Waals surface area contributed by atoms with Gasteiger partial charge in [0, 0.05) is 17.7 Å². The molecule has 2 amide bonds. The Kier molecular flexibility index (Phi) is 4.56. The maximum atomic E-state index is 11.8. The molecule has 0 aromatic heterocycles. The number of carbonyl (C=O) groups excluding carboxylic acids is 2. The van der Waals surface area contributed by atoms with Gasteiger partial charge >= 0.3 is 0 Å². The minimum absolute atomic E-state index is 0.162. The number of primary amides is 1. The van der Waals surface area contributed by atoms with Gasteiger partial charge in [0.25, 0.3) is 0 Å². The zero-order valence-corrected chi connectivity index (χ0v) is 11.4. The lowest BCUT2D eigenvalue weighted by atomic mass is 10.1. The number of amides is 2. The Morgan fingerprint density at radius 3 is 2.33 bits per heavy atom. The summed E-state index contributed by atoms with van der Waals surface area (Å²) in [5.74, 6) is -0.478. The van der Waals surface area contributed by atoms with Crippen molar-refractivity contribution in [3.63, 3.8) is 0 Å². The third-order valence-electron chi connectivity index (χ3n) is 3.07. The van der Waals surface area contributed by atoms with Gasteiger partial charge in [0.05, 0.1) is 0 Å². The van der Waals surface area contributed by atoms with E-state index in [1.807, 2.05) is 6.07 Å². The number of aryl methyl sites for hydroxylation is 1. The summed E-state index contributed by atoms with van der Waals surface area (Å²) in [7, 11) is 0. The number of carbonyl (C=O) groups is 2. The lowest BCUT2D eigenvalue weighted by Gasteiger charge is -2.07. The lowest BCUT2D eigenvalue weighted by molar-refractivity contribution is -0.116. The fourth-order valence-electron chi connectivity index (χ4n) is 1.91. The lowest BCUT2D eigenvalue weighted by Crippen LogP contribution is -2.13. The van der Waals surface area contributed by atoms with Crippen LogP contribution >= 0.6 is 0 Å². The quantitative estimate of drug-likeness (QED) is 0.784. The van der Waals surface area contributed by atoms with Crippen molar-refractivity contribution < 1.29 is 14.7 Å². The SMILES string of the molecule is NC(=O)c1ccc(NC(=O)CCc2ccccc2O)cc1. The summed E-state index contributed by atoms with van der Waals surface area (Å²) in [6.45, 7) is 0. The van der Waals surface area contributed by atoms with Crippen molar-refractivity contribution in [1.29, 1.82) is 0 Å². The molecule has 0 unspecified atom stereocenters. The van der Waals surface area contributed by atoms with E-state index in [1.165, 1.54) is 0 Å². The van der Waals surface area contributed by atoms with Crippen molar-refractivity contribution in [2.75, 3.05) is 5.32 Å². The standard InChI is InChI=1S/C16H16N2O3/c17-16(21)12-5-8-13(9-6-12)18-15(20)10-7-11-3-1-2-4-14(11)19/h1-6,8-9,19H,7,10H2,(H2,17,21)(H,18,20). The van der Waals surface area contributed by atoms with Crippen LogP contribution < -0.4 is 11.1 Å². The Morgan fingerprint density at radius 2 is 1.71 bits per heavy atom. The monoisotopic (exact) mass is 284 g/mol. The van der Waals surface area contributed by atoms with Gasteiger partial charge < -0.3 is 16.2 Å². The fourth-order valence-corrected chi connectivity index (χ4v) is 1.91. The highest BCUT2D eigenvalue weighted by Crippen LogP contribution is 2.17. The average Bonchev–Trinajstić information content (AvgIpc) is 2.47. The Hall–Kier alpha value is -2.82. The van der Waals surface area contributed by atoms with Crippen LogP contribution in [0.25, 0.3) is 0 Å². The molecule has 0 radical (unpaired) electrons. The molecule has 0 aliphatic carbocycles. The molecule has 0 fully saturated rings. The molecule has 5 heteroatoms. The number of hydrogen-bond acceptors (Lipinski definition) is 3. The van der Waals surface area contributed by atoms with Gasteiger partial charge in [-0.15, -0.1) is 0 Å². The van der Waals surface area contributed by atoms with E-state index in [9.17, 15) is 14.7 Å². The van der Waals surface area contributed by atoms with E-state index < -0.39 is 5.91 Å². The number of nitrogens with one attached hydrogen (secondary N) is 1. The zero-order chi connectivity index (χ0) is 15.2. The Bertz CT molecular complexity index is 651. The van der Waals surface area contributed by atoms with E-state index >= 15 is 0 Å². The van der Waals surface area contributed by atoms with Gasteiger partial charge in [-0.05, 0) is 42.3 Å². The Morgan fingerprint density at radius 1 is 1.05 bits per heavy atom. The van der Waals surface area contributed by atoms with Gasteiger partial charge in [-0.1, -0.05) is 18.2 Å². The van der Waals surface area contributed by atoms with Gasteiger partial charge in [0.15, 0.2) is 0 Å². The molecular formula is C16H16N2O3. The predicted molar refractivity (Wildman–Crippen MR) is 80.0 cm³/mol. The molecule has 2 aromatic rings. The minimum Gasteiger partial charge on any atom is -0.508 e. The van der Waals surface area contributed by atoms with Crippen LogP contribution in [0, 0.1) is 0 Å². The molecule has 4 N–H and O–H groups in total. The zero-order valence-electron chi connectivity index (χ0n) is 11.4. The largest absolute Gasteiger partial charge is 0.508 e. The number of aromatic hydroxyl groups is 1. The van der Waals surface area contributed by atoms with Crippen molar-refractivity contribution in [2.45, 2.75) is 12.8 Å². The highest BCUT2D eigenvalue weighted by atomic mass is 16.3. The van der Waals surface area contributed by atoms with E-state index in [-0.39, 0.29) is 18.1 Å². The maximum absolute atomic E-state index is 11.8. The summed E-state index contributed by atoms with van der Waals surface area (Å²) < 4.78 is 0. The third-order valence-corrected chi connectivity index (χ3v) is 3.07. The van der Waals surface area contributed by atoms with Crippen molar-refractivity contribution in [2.24, 2.45) is 5.73 Å². The Labute approximate surface area is 122 Å². The first-order valence-corrected chi connectivity index (χ1v) is 6.53. The topological polar surface area (TPSA) is 92.4 Å². The number of phenols is 1. The normalized spacial score (nSPS) is 10.1. The van der Waals surface area contributed by atoms with Crippen molar-refractivity contribution in [3.8, 4) is 5.75 Å². The molecule has 2 rings (SSSR count). The number of anilines is 1. The highest BCUT2D eigenvalue weighted by molar-refractivity contribution is 5.94. The van der Waals surface area contributed by atoms with Gasteiger partial charge in [-0.3, -0.25) is 9.59 Å². The molecule has 108 valence electrons. The number of rotatable bonds is 5. The van der Waals surface area contributed by atoms with Crippen molar-refractivity contribution >= 4 is 17.5 Å². The fraction of sp³-hybridized carbons (Fsp3) is 0.125. The molecule has 0 saturated carbocycles. The second-order valence-corrected chi connectivity index (χ2v) is 4.62. The first-order chi connectivity index (χ1) is 10.1. The van der Waals surface area contributed by atoms with Crippen LogP contribution in [-0.4, -0.2) is 16.9 Å². The summed E-state index contributed by atoms with van der Waals surface area (Å²) >= 11 is 0. The van der Waals surface area contributed by atoms with E-state index in [0.717, 1.165) is 5.56 Å². The summed E-state index contributed by atoms with van der Waals surface area (Å²) in [6.07, 6.45) is 0.715. The number of benzene rings is 2. The number of phenolic OH excluding ortho intramolecular Hbond substituents is 1. The minimum atomic E-state index is -0.507. The van der Waals surface area contributed by atoms with Crippen molar-refractivity contribution in [3.05, 3.63) is 59.7 Å². The molecule has 0 spiro atoms. The first-order valence-electron chi connectivity index (χ1n) is 6.53. The number of nitrogens with two attached hydrogens (primary N) is 1. The first kappa shape index (κ1) is 14.6. The Balaban J connectivity index is 1.90. The molecule has 0 aliphatic rings. The summed E-state index contributed by atoms with van der Waals surface area (Å²) in [6, 6.07) is 13.3. The second kappa shape index (κ2) is 6.56. The van der Waals surface area contributed by atoms with E-state index in [0.29, 0.717) is 17.7 Å². The summed E-state index contributed by atoms with van der Waals surface area (Å²) in [4.78, 5) is 22.8. The molecule has 0 saturated heterocycles. The van der Waals surface area contributed by atoms with Crippen LogP contribution in [0.15, 0.2) is 48.5 Å². The van der Waals surface area contributed by atoms with E-state index in [4.69, 9.17) is 5.73 Å². The van der Waals surface area contributed by atoms with Crippen LogP contribution in [0.5, 0.6) is 5.75 Å². The molecular weight excluding hydrogens is 268 g/mol. The number of hydrogen-bond donors (Lipinski definition) is 3. The van der Waals surface area contributed by atoms with E-state index in [1.54, 1.807) is 42.5 Å². The molecule has 5 nitrogen and oxygen atoms in total. The van der Waals surface area contributed by atoms with Crippen molar-refractivity contribution in [1.82, 2.24) is 0 Å². The third kappa shape index (κ3) is 4.07. The number of para-hydroxylation sites is 1. The molecule has 0 aliphatic heterocycles. The molecule has 21 heavy (non-hydrogen) atoms. The molecule has 0 heterocycles. The van der Waals surface area contributed by atoms with Crippen LogP contribution in [-0.2, 0) is 11.2 Å². The van der Waals surface area contributed by atoms with Crippen LogP contribution in [0.2, 0.25) is 0 Å². The smallest absolute Gasteiger partial charge is 0.248 e. The average molecular weight is 284 g/mol. The maximum Gasteiger partial charge on any atom is 0.248 e. The van der Waals surface area contributed by atoms with Crippen LogP contribution in [0.1, 0.15) is 22.3 Å².